The molecule has 13 rings (SSSR count). The summed E-state index contributed by atoms with van der Waals surface area (Å²) in [7, 11) is 0. The Hall–Kier alpha value is -9.12. The van der Waals surface area contributed by atoms with Gasteiger partial charge in [-0.15, -0.1) is 0 Å². The van der Waals surface area contributed by atoms with Crippen molar-refractivity contribution < 1.29 is 0 Å². The van der Waals surface area contributed by atoms with Crippen LogP contribution in [0.4, 0.5) is 0 Å². The molecule has 0 saturated heterocycles. The second-order valence-electron chi connectivity index (χ2n) is 18.3. The highest BCUT2D eigenvalue weighted by Crippen LogP contribution is 2.47. The summed E-state index contributed by atoms with van der Waals surface area (Å²) in [5, 5.41) is 4.83. The van der Waals surface area contributed by atoms with Gasteiger partial charge in [-0.1, -0.05) is 182 Å². The Morgan fingerprint density at radius 2 is 0.614 bits per heavy atom. The van der Waals surface area contributed by atoms with Gasteiger partial charge in [0, 0.05) is 22.5 Å². The molecule has 0 fully saturated rings. The van der Waals surface area contributed by atoms with Crippen molar-refractivity contribution in [2.45, 2.75) is 13.8 Å². The minimum absolute atomic E-state index is 0.926. The number of nitrogens with zero attached hydrogens (tertiary/aromatic N) is 4. The quantitative estimate of drug-likeness (QED) is 0.143. The van der Waals surface area contributed by atoms with Crippen molar-refractivity contribution >= 4 is 43.6 Å². The molecule has 0 aliphatic heterocycles. The molecule has 11 aromatic carbocycles. The van der Waals surface area contributed by atoms with Gasteiger partial charge in [-0.05, 0) is 152 Å². The fourth-order valence-electron chi connectivity index (χ4n) is 10.7. The van der Waals surface area contributed by atoms with Gasteiger partial charge in [-0.2, -0.15) is 0 Å². The molecule has 0 unspecified atom stereocenters. The van der Waals surface area contributed by atoms with Crippen LogP contribution in [0, 0.1) is 13.8 Å². The molecule has 0 atom stereocenters. The standard InChI is InChI=1S/C66H46N4/c1-43-37-61-59(67-65(47-25-13-5-14-26-47)69(61)51-29-17-7-18-30-51)41-55(43)49-33-35-53-57(39-49)63(45-21-9-3-10-22-45)54-36-34-50(40-58(54)64(53)46-23-11-4-12-24-46)56-42-60-62(38-44(56)2)70(52-31-19-8-20-32-52)66(68-60)48-27-15-6-16-28-48/h3-42H,1-2H3. The highest BCUT2D eigenvalue weighted by molar-refractivity contribution is 6.22. The van der Waals surface area contributed by atoms with Gasteiger partial charge in [0.05, 0.1) is 22.1 Å². The second-order valence-corrected chi connectivity index (χ2v) is 18.3. The van der Waals surface area contributed by atoms with Gasteiger partial charge in [0.2, 0.25) is 0 Å². The number of hydrogen-bond donors (Lipinski definition) is 0. The first-order valence-electron chi connectivity index (χ1n) is 24.0. The third-order valence-electron chi connectivity index (χ3n) is 14.0. The zero-order chi connectivity index (χ0) is 46.7. The highest BCUT2D eigenvalue weighted by Gasteiger charge is 2.22. The van der Waals surface area contributed by atoms with Crippen LogP contribution in [0.15, 0.2) is 243 Å². The summed E-state index contributed by atoms with van der Waals surface area (Å²) in [5.41, 5.74) is 20.2. The smallest absolute Gasteiger partial charge is 0.145 e. The Bertz CT molecular complexity index is 3810. The molecule has 0 aliphatic rings. The largest absolute Gasteiger partial charge is 0.292 e. The monoisotopic (exact) mass is 894 g/mol. The predicted octanol–water partition coefficient (Wildman–Crippen LogP) is 17.3. The van der Waals surface area contributed by atoms with Gasteiger partial charge in [-0.3, -0.25) is 9.13 Å². The molecule has 0 N–H and O–H groups in total. The molecule has 4 heteroatoms. The number of hydrogen-bond acceptors (Lipinski definition) is 2. The molecular weight excluding hydrogens is 849 g/mol. The molecule has 13 aromatic rings. The molecule has 2 heterocycles. The van der Waals surface area contributed by atoms with Crippen molar-refractivity contribution in [1.29, 1.82) is 0 Å². The van der Waals surface area contributed by atoms with Crippen LogP contribution in [-0.4, -0.2) is 19.1 Å². The first-order chi connectivity index (χ1) is 34.6. The van der Waals surface area contributed by atoms with Crippen molar-refractivity contribution in [3.8, 4) is 78.7 Å². The Morgan fingerprint density at radius 1 is 0.286 bits per heavy atom. The molecular formula is C66H46N4. The molecule has 70 heavy (non-hydrogen) atoms. The fraction of sp³-hybridized carbons (Fsp3) is 0.0303. The Labute approximate surface area is 407 Å². The van der Waals surface area contributed by atoms with Gasteiger partial charge in [-0.25, -0.2) is 9.97 Å². The van der Waals surface area contributed by atoms with Crippen molar-refractivity contribution in [3.05, 3.63) is 254 Å². The van der Waals surface area contributed by atoms with E-state index < -0.39 is 0 Å². The van der Waals surface area contributed by atoms with E-state index in [2.05, 4.69) is 266 Å². The Balaban J connectivity index is 1.03. The average molecular weight is 895 g/mol. The predicted molar refractivity (Wildman–Crippen MR) is 293 cm³/mol. The van der Waals surface area contributed by atoms with Gasteiger partial charge < -0.3 is 0 Å². The number of aryl methyl sites for hydroxylation is 2. The van der Waals surface area contributed by atoms with Crippen molar-refractivity contribution in [3.63, 3.8) is 0 Å². The third kappa shape index (κ3) is 6.92. The third-order valence-corrected chi connectivity index (χ3v) is 14.0. The maximum absolute atomic E-state index is 5.36. The van der Waals surface area contributed by atoms with E-state index in [0.717, 1.165) is 67.3 Å². The lowest BCUT2D eigenvalue weighted by Crippen LogP contribution is -1.97. The maximum Gasteiger partial charge on any atom is 0.145 e. The van der Waals surface area contributed by atoms with Crippen LogP contribution >= 0.6 is 0 Å². The first kappa shape index (κ1) is 41.1. The van der Waals surface area contributed by atoms with Crippen LogP contribution in [-0.2, 0) is 0 Å². The molecule has 0 amide bonds. The summed E-state index contributed by atoms with van der Waals surface area (Å²) in [6.45, 7) is 4.46. The number of aromatic nitrogens is 4. The van der Waals surface area contributed by atoms with Crippen LogP contribution < -0.4 is 0 Å². The van der Waals surface area contributed by atoms with Gasteiger partial charge in [0.25, 0.3) is 0 Å². The van der Waals surface area contributed by atoms with E-state index >= 15 is 0 Å². The summed E-state index contributed by atoms with van der Waals surface area (Å²) in [6, 6.07) is 87.3. The average Bonchev–Trinajstić information content (AvgIpc) is 3.99. The molecule has 0 spiro atoms. The molecule has 0 aliphatic carbocycles. The van der Waals surface area contributed by atoms with E-state index in [1.165, 1.54) is 66.1 Å². The summed E-state index contributed by atoms with van der Waals surface area (Å²) in [5.74, 6) is 1.85. The number of fused-ring (bicyclic) bond motifs is 4. The zero-order valence-corrected chi connectivity index (χ0v) is 38.9. The summed E-state index contributed by atoms with van der Waals surface area (Å²) >= 11 is 0. The topological polar surface area (TPSA) is 35.6 Å². The van der Waals surface area contributed by atoms with Gasteiger partial charge in [0.15, 0.2) is 0 Å². The lowest BCUT2D eigenvalue weighted by Gasteiger charge is -2.20. The molecule has 2 aromatic heterocycles. The minimum Gasteiger partial charge on any atom is -0.292 e. The van der Waals surface area contributed by atoms with Crippen LogP contribution in [0.1, 0.15) is 11.1 Å². The van der Waals surface area contributed by atoms with Crippen molar-refractivity contribution in [1.82, 2.24) is 19.1 Å². The normalized spacial score (nSPS) is 11.6. The zero-order valence-electron chi connectivity index (χ0n) is 38.9. The van der Waals surface area contributed by atoms with Gasteiger partial charge in [0.1, 0.15) is 11.6 Å². The van der Waals surface area contributed by atoms with Crippen LogP contribution in [0.5, 0.6) is 0 Å². The molecule has 0 bridgehead atoms. The molecule has 0 saturated carbocycles. The summed E-state index contributed by atoms with van der Waals surface area (Å²) < 4.78 is 4.58. The van der Waals surface area contributed by atoms with Gasteiger partial charge >= 0.3 is 0 Å². The van der Waals surface area contributed by atoms with E-state index in [9.17, 15) is 0 Å². The van der Waals surface area contributed by atoms with E-state index in [1.54, 1.807) is 0 Å². The molecule has 0 radical (unpaired) electrons. The Morgan fingerprint density at radius 3 is 0.971 bits per heavy atom. The summed E-state index contributed by atoms with van der Waals surface area (Å²) in [4.78, 5) is 10.7. The van der Waals surface area contributed by atoms with Crippen molar-refractivity contribution in [2.75, 3.05) is 0 Å². The number of para-hydroxylation sites is 2. The van der Waals surface area contributed by atoms with E-state index in [0.29, 0.717) is 0 Å². The van der Waals surface area contributed by atoms with Crippen molar-refractivity contribution in [2.24, 2.45) is 0 Å². The summed E-state index contributed by atoms with van der Waals surface area (Å²) in [6.07, 6.45) is 0. The van der Waals surface area contributed by atoms with E-state index in [1.807, 2.05) is 0 Å². The van der Waals surface area contributed by atoms with E-state index in [-0.39, 0.29) is 0 Å². The van der Waals surface area contributed by atoms with E-state index in [4.69, 9.17) is 9.97 Å². The lowest BCUT2D eigenvalue weighted by atomic mass is 9.83. The maximum atomic E-state index is 5.36. The van der Waals surface area contributed by atoms with Crippen LogP contribution in [0.2, 0.25) is 0 Å². The van der Waals surface area contributed by atoms with Crippen LogP contribution in [0.25, 0.3) is 122 Å². The lowest BCUT2D eigenvalue weighted by molar-refractivity contribution is 1.10. The van der Waals surface area contributed by atoms with Crippen LogP contribution in [0.3, 0.4) is 0 Å². The highest BCUT2D eigenvalue weighted by atomic mass is 15.1. The first-order valence-corrected chi connectivity index (χ1v) is 24.0. The number of imidazole rings is 2. The Kier molecular flexibility index (Phi) is 9.91. The minimum atomic E-state index is 0.926. The molecule has 4 nitrogen and oxygen atoms in total. The fourth-order valence-corrected chi connectivity index (χ4v) is 10.7. The second kappa shape index (κ2) is 16.9. The SMILES string of the molecule is Cc1cc2c(cc1-c1ccc3c(-c4ccccc4)c4cc(-c5cc6nc(-c7ccccc7)n(-c7ccccc7)c6cc5C)ccc4c(-c4ccccc4)c3c1)nc(-c1ccccc1)n2-c1ccccc1. The number of benzene rings is 11. The number of rotatable bonds is 8. The molecule has 330 valence electrons.